The number of carbonyl (C=O) groups excluding carboxylic acids is 2. The number of halogens is 1. The summed E-state index contributed by atoms with van der Waals surface area (Å²) in [6.45, 7) is 2.38. The Kier molecular flexibility index (Phi) is 2.78. The second-order valence-corrected chi connectivity index (χ2v) is 5.13. The van der Waals surface area contributed by atoms with Gasteiger partial charge in [-0.3, -0.25) is 14.9 Å². The van der Waals surface area contributed by atoms with Crippen molar-refractivity contribution in [1.29, 1.82) is 0 Å². The number of nitrogens with one attached hydrogen (secondary N) is 1. The van der Waals surface area contributed by atoms with E-state index in [1.165, 1.54) is 0 Å². The summed E-state index contributed by atoms with van der Waals surface area (Å²) < 4.78 is 0. The lowest BCUT2D eigenvalue weighted by Crippen LogP contribution is -2.44. The van der Waals surface area contributed by atoms with E-state index >= 15 is 0 Å². The molecule has 2 aliphatic heterocycles. The molecule has 1 aromatic carbocycles. The Morgan fingerprint density at radius 1 is 1.42 bits per heavy atom. The summed E-state index contributed by atoms with van der Waals surface area (Å²) in [4.78, 5) is 29.4. The minimum absolute atomic E-state index is 0.182. The van der Waals surface area contributed by atoms with E-state index in [-0.39, 0.29) is 18.2 Å². The molecule has 6 heteroatoms. The van der Waals surface area contributed by atoms with Crippen molar-refractivity contribution >= 4 is 34.9 Å². The van der Waals surface area contributed by atoms with E-state index < -0.39 is 6.04 Å². The van der Waals surface area contributed by atoms with Crippen LogP contribution in [0.5, 0.6) is 0 Å². The van der Waals surface area contributed by atoms with Gasteiger partial charge in [0.15, 0.2) is 0 Å². The molecule has 0 aromatic heterocycles. The number of amidine groups is 1. The van der Waals surface area contributed by atoms with Crippen LogP contribution in [-0.4, -0.2) is 28.6 Å². The van der Waals surface area contributed by atoms with Crippen LogP contribution >= 0.6 is 11.6 Å². The highest BCUT2D eigenvalue weighted by Crippen LogP contribution is 2.30. The Balaban J connectivity index is 1.94. The minimum Gasteiger partial charge on any atom is -0.343 e. The van der Waals surface area contributed by atoms with Crippen molar-refractivity contribution in [2.45, 2.75) is 25.9 Å². The molecular weight excluding hydrogens is 266 g/mol. The second-order valence-electron chi connectivity index (χ2n) is 4.69. The smallest absolute Gasteiger partial charge is 0.249 e. The van der Waals surface area contributed by atoms with E-state index in [0.29, 0.717) is 11.6 Å². The van der Waals surface area contributed by atoms with Crippen LogP contribution in [0.3, 0.4) is 0 Å². The number of amides is 2. The van der Waals surface area contributed by atoms with Gasteiger partial charge < -0.3 is 4.90 Å². The zero-order chi connectivity index (χ0) is 13.6. The highest BCUT2D eigenvalue weighted by Gasteiger charge is 2.37. The molecule has 0 saturated carbocycles. The summed E-state index contributed by atoms with van der Waals surface area (Å²) >= 11 is 5.97. The number of imide groups is 1. The van der Waals surface area contributed by atoms with Crippen molar-refractivity contribution in [3.05, 3.63) is 28.8 Å². The number of fused-ring (bicyclic) bond motifs is 1. The van der Waals surface area contributed by atoms with E-state index in [2.05, 4.69) is 10.3 Å². The van der Waals surface area contributed by atoms with E-state index in [0.717, 1.165) is 17.1 Å². The van der Waals surface area contributed by atoms with Crippen molar-refractivity contribution in [3.63, 3.8) is 0 Å². The number of aliphatic imine (C=N–C) groups is 1. The van der Waals surface area contributed by atoms with Crippen molar-refractivity contribution < 1.29 is 9.59 Å². The molecule has 2 aliphatic rings. The van der Waals surface area contributed by atoms with Crippen LogP contribution in [0.4, 0.5) is 5.69 Å². The summed E-state index contributed by atoms with van der Waals surface area (Å²) in [5.41, 5.74) is 1.83. The number of rotatable bonds is 1. The predicted octanol–water partition coefficient (Wildman–Crippen LogP) is 1.62. The molecule has 19 heavy (non-hydrogen) atoms. The molecule has 2 amide bonds. The van der Waals surface area contributed by atoms with Crippen LogP contribution in [0.25, 0.3) is 0 Å². The highest BCUT2D eigenvalue weighted by atomic mass is 35.5. The van der Waals surface area contributed by atoms with E-state index in [1.54, 1.807) is 6.07 Å². The molecule has 2 heterocycles. The zero-order valence-corrected chi connectivity index (χ0v) is 11.1. The zero-order valence-electron chi connectivity index (χ0n) is 10.3. The molecule has 0 spiro atoms. The first-order valence-corrected chi connectivity index (χ1v) is 6.36. The maximum atomic E-state index is 11.8. The van der Waals surface area contributed by atoms with Gasteiger partial charge in [-0.25, -0.2) is 4.99 Å². The Labute approximate surface area is 115 Å². The van der Waals surface area contributed by atoms with E-state index in [4.69, 9.17) is 11.6 Å². The van der Waals surface area contributed by atoms with Crippen LogP contribution in [0.1, 0.15) is 18.9 Å². The highest BCUT2D eigenvalue weighted by molar-refractivity contribution is 6.30. The maximum absolute atomic E-state index is 11.8. The van der Waals surface area contributed by atoms with Crippen molar-refractivity contribution in [2.24, 2.45) is 4.99 Å². The molecule has 1 unspecified atom stereocenters. The molecule has 1 aromatic rings. The second kappa shape index (κ2) is 4.35. The summed E-state index contributed by atoms with van der Waals surface area (Å²) in [6, 6.07) is 5.02. The fourth-order valence-corrected chi connectivity index (χ4v) is 2.65. The van der Waals surface area contributed by atoms with Crippen LogP contribution < -0.4 is 5.32 Å². The Morgan fingerprint density at radius 3 is 2.89 bits per heavy atom. The molecule has 0 bridgehead atoms. The molecule has 98 valence electrons. The van der Waals surface area contributed by atoms with Gasteiger partial charge in [0, 0.05) is 11.6 Å². The van der Waals surface area contributed by atoms with Gasteiger partial charge in [0.2, 0.25) is 11.8 Å². The number of carbonyl (C=O) groups is 2. The lowest BCUT2D eigenvalue weighted by Gasteiger charge is -2.32. The number of hydrogen-bond acceptors (Lipinski definition) is 4. The van der Waals surface area contributed by atoms with Gasteiger partial charge in [0.05, 0.1) is 12.1 Å². The third-order valence-corrected chi connectivity index (χ3v) is 3.64. The molecule has 5 nitrogen and oxygen atoms in total. The molecule has 1 saturated heterocycles. The topological polar surface area (TPSA) is 61.8 Å². The lowest BCUT2D eigenvalue weighted by atomic mass is 10.1. The fraction of sp³-hybridized carbons (Fsp3) is 0.308. The summed E-state index contributed by atoms with van der Waals surface area (Å²) in [6.07, 6.45) is 0.182. The number of hydrogen-bond donors (Lipinski definition) is 1. The van der Waals surface area contributed by atoms with Gasteiger partial charge in [-0.1, -0.05) is 11.6 Å². The largest absolute Gasteiger partial charge is 0.343 e. The van der Waals surface area contributed by atoms with E-state index in [1.807, 2.05) is 24.0 Å². The standard InChI is InChI=1S/C13H12ClN3O2/c1-7-15-10-3-2-9(14)4-8(10)6-17(7)11-5-12(18)16-13(11)19/h2-4,11H,5-6H2,1H3,(H,16,18,19). The quantitative estimate of drug-likeness (QED) is 0.794. The number of nitrogens with zero attached hydrogens (tertiary/aromatic N) is 2. The minimum atomic E-state index is -0.469. The van der Waals surface area contributed by atoms with Crippen LogP contribution in [0.2, 0.25) is 5.02 Å². The summed E-state index contributed by atoms with van der Waals surface area (Å²) in [7, 11) is 0. The Morgan fingerprint density at radius 2 is 2.21 bits per heavy atom. The molecule has 1 atom stereocenters. The molecule has 1 N–H and O–H groups in total. The first-order chi connectivity index (χ1) is 9.04. The Hall–Kier alpha value is -1.88. The van der Waals surface area contributed by atoms with Crippen molar-refractivity contribution in [3.8, 4) is 0 Å². The monoisotopic (exact) mass is 277 g/mol. The molecule has 1 fully saturated rings. The SMILES string of the molecule is CC1=Nc2ccc(Cl)cc2CN1C1CC(=O)NC1=O. The predicted molar refractivity (Wildman–Crippen MR) is 71.3 cm³/mol. The third-order valence-electron chi connectivity index (χ3n) is 3.40. The average Bonchev–Trinajstić information content (AvgIpc) is 2.68. The first kappa shape index (κ1) is 12.2. The molecular formula is C13H12ClN3O2. The van der Waals surface area contributed by atoms with Gasteiger partial charge in [-0.2, -0.15) is 0 Å². The fourth-order valence-electron chi connectivity index (χ4n) is 2.45. The third kappa shape index (κ3) is 2.10. The lowest BCUT2D eigenvalue weighted by molar-refractivity contribution is -0.125. The van der Waals surface area contributed by atoms with Crippen molar-refractivity contribution in [1.82, 2.24) is 10.2 Å². The van der Waals surface area contributed by atoms with Gasteiger partial charge in [-0.15, -0.1) is 0 Å². The van der Waals surface area contributed by atoms with Gasteiger partial charge in [0.25, 0.3) is 0 Å². The van der Waals surface area contributed by atoms with Crippen LogP contribution in [-0.2, 0) is 16.1 Å². The van der Waals surface area contributed by atoms with Crippen molar-refractivity contribution in [2.75, 3.05) is 0 Å². The maximum Gasteiger partial charge on any atom is 0.249 e. The first-order valence-electron chi connectivity index (χ1n) is 5.98. The van der Waals surface area contributed by atoms with E-state index in [9.17, 15) is 9.59 Å². The average molecular weight is 278 g/mol. The van der Waals surface area contributed by atoms with Crippen LogP contribution in [0.15, 0.2) is 23.2 Å². The normalized spacial score (nSPS) is 22.1. The van der Waals surface area contributed by atoms with Crippen LogP contribution in [0, 0.1) is 0 Å². The summed E-state index contributed by atoms with van der Waals surface area (Å²) in [5, 5.41) is 2.96. The Bertz CT molecular complexity index is 612. The summed E-state index contributed by atoms with van der Waals surface area (Å²) in [5.74, 6) is 0.245. The molecule has 0 aliphatic carbocycles. The molecule has 3 rings (SSSR count). The number of benzene rings is 1. The van der Waals surface area contributed by atoms with Gasteiger partial charge in [-0.05, 0) is 30.7 Å². The van der Waals surface area contributed by atoms with Gasteiger partial charge >= 0.3 is 0 Å². The molecule has 0 radical (unpaired) electrons. The van der Waals surface area contributed by atoms with Gasteiger partial charge in [0.1, 0.15) is 11.9 Å².